The maximum atomic E-state index is 10.7. The quantitative estimate of drug-likeness (QED) is 0.338. The number of rotatable bonds is 8. The third-order valence-electron chi connectivity index (χ3n) is 2.12. The second kappa shape index (κ2) is 7.78. The Hall–Kier alpha value is -1.47. The van der Waals surface area contributed by atoms with Gasteiger partial charge in [0.15, 0.2) is 0 Å². The normalized spacial score (nSPS) is 10.3. The van der Waals surface area contributed by atoms with Crippen LogP contribution in [0.4, 0.5) is 11.5 Å². The van der Waals surface area contributed by atoms with E-state index in [0.29, 0.717) is 19.8 Å². The van der Waals surface area contributed by atoms with Gasteiger partial charge in [0, 0.05) is 13.2 Å². The van der Waals surface area contributed by atoms with Crippen LogP contribution in [0.5, 0.6) is 0 Å². The summed E-state index contributed by atoms with van der Waals surface area (Å²) >= 11 is 5.59. The predicted octanol–water partition coefficient (Wildman–Crippen LogP) is 2.27. The van der Waals surface area contributed by atoms with Gasteiger partial charge in [0.1, 0.15) is 6.20 Å². The van der Waals surface area contributed by atoms with E-state index in [9.17, 15) is 10.1 Å². The van der Waals surface area contributed by atoms with E-state index in [1.165, 1.54) is 0 Å². The molecular formula is C10H15ClN4O3. The van der Waals surface area contributed by atoms with Crippen molar-refractivity contribution < 1.29 is 9.66 Å². The van der Waals surface area contributed by atoms with E-state index in [-0.39, 0.29) is 16.8 Å². The Kier molecular flexibility index (Phi) is 6.31. The minimum atomic E-state index is -0.559. The zero-order chi connectivity index (χ0) is 13.4. The van der Waals surface area contributed by atoms with Crippen LogP contribution in [0.15, 0.2) is 6.20 Å². The number of nitro groups is 1. The average Bonchev–Trinajstić information content (AvgIpc) is 2.33. The molecule has 1 rings (SSSR count). The van der Waals surface area contributed by atoms with E-state index in [4.69, 9.17) is 16.3 Å². The number of nitrogens with zero attached hydrogens (tertiary/aromatic N) is 3. The molecule has 0 aromatic carbocycles. The molecule has 0 fully saturated rings. The molecule has 0 aliphatic carbocycles. The lowest BCUT2D eigenvalue weighted by molar-refractivity contribution is -0.384. The molecule has 0 bridgehead atoms. The van der Waals surface area contributed by atoms with Crippen LogP contribution in [-0.4, -0.2) is 34.6 Å². The molecule has 0 radical (unpaired) electrons. The minimum absolute atomic E-state index is 0.0324. The number of hydrogen-bond donors (Lipinski definition) is 1. The van der Waals surface area contributed by atoms with Gasteiger partial charge in [-0.25, -0.2) is 4.98 Å². The smallest absolute Gasteiger partial charge is 0.329 e. The summed E-state index contributed by atoms with van der Waals surface area (Å²) in [6.45, 7) is 3.65. The van der Waals surface area contributed by atoms with Gasteiger partial charge >= 0.3 is 5.69 Å². The van der Waals surface area contributed by atoms with Gasteiger partial charge in [-0.2, -0.15) is 4.98 Å². The number of nitrogens with one attached hydrogen (secondary N) is 1. The van der Waals surface area contributed by atoms with Crippen molar-refractivity contribution in [3.05, 3.63) is 21.6 Å². The molecule has 0 aliphatic heterocycles. The number of aromatic nitrogens is 2. The van der Waals surface area contributed by atoms with Gasteiger partial charge in [0.05, 0.1) is 11.5 Å². The lowest BCUT2D eigenvalue weighted by Gasteiger charge is -2.06. The number of unbranched alkanes of at least 4 members (excludes halogenated alkanes) is 1. The van der Waals surface area contributed by atoms with Crippen LogP contribution >= 0.6 is 11.6 Å². The molecule has 18 heavy (non-hydrogen) atoms. The summed E-state index contributed by atoms with van der Waals surface area (Å²) in [6.07, 6.45) is 3.15. The largest absolute Gasteiger partial charge is 0.380 e. The van der Waals surface area contributed by atoms with E-state index in [1.54, 1.807) is 0 Å². The highest BCUT2D eigenvalue weighted by molar-refractivity contribution is 6.28. The Morgan fingerprint density at radius 3 is 3.00 bits per heavy atom. The molecule has 0 spiro atoms. The lowest BCUT2D eigenvalue weighted by Crippen LogP contribution is -2.12. The molecule has 1 aromatic heterocycles. The summed E-state index contributed by atoms with van der Waals surface area (Å²) < 4.78 is 5.32. The van der Waals surface area contributed by atoms with Crippen LogP contribution < -0.4 is 5.32 Å². The fourth-order valence-electron chi connectivity index (χ4n) is 1.21. The first-order chi connectivity index (χ1) is 8.65. The van der Waals surface area contributed by atoms with Crippen LogP contribution in [0, 0.1) is 10.1 Å². The minimum Gasteiger partial charge on any atom is -0.380 e. The number of hydrogen-bond acceptors (Lipinski definition) is 6. The van der Waals surface area contributed by atoms with Crippen LogP contribution in [-0.2, 0) is 4.74 Å². The SMILES string of the molecule is CCCCOCCNc1nc(Cl)ncc1[N+](=O)[O-]. The lowest BCUT2D eigenvalue weighted by atomic mass is 10.4. The number of anilines is 1. The van der Waals surface area contributed by atoms with E-state index in [2.05, 4.69) is 22.2 Å². The van der Waals surface area contributed by atoms with E-state index in [1.807, 2.05) is 0 Å². The second-order valence-electron chi connectivity index (χ2n) is 3.52. The molecule has 8 heteroatoms. The van der Waals surface area contributed by atoms with Crippen LogP contribution in [0.3, 0.4) is 0 Å². The summed E-state index contributed by atoms with van der Waals surface area (Å²) in [6, 6.07) is 0. The molecule has 0 atom stereocenters. The van der Waals surface area contributed by atoms with Crippen molar-refractivity contribution in [1.29, 1.82) is 0 Å². The molecule has 100 valence electrons. The fourth-order valence-corrected chi connectivity index (χ4v) is 1.34. The Balaban J connectivity index is 2.45. The van der Waals surface area contributed by atoms with Crippen LogP contribution in [0.25, 0.3) is 0 Å². The zero-order valence-corrected chi connectivity index (χ0v) is 10.8. The second-order valence-corrected chi connectivity index (χ2v) is 3.86. The standard InChI is InChI=1S/C10H15ClN4O3/c1-2-3-5-18-6-4-12-9-8(15(16)17)7-13-10(11)14-9/h7H,2-6H2,1H3,(H,12,13,14). The molecule has 1 heterocycles. The van der Waals surface area contributed by atoms with Gasteiger partial charge in [-0.3, -0.25) is 10.1 Å². The first-order valence-corrected chi connectivity index (χ1v) is 6.01. The fraction of sp³-hybridized carbons (Fsp3) is 0.600. The van der Waals surface area contributed by atoms with Crippen molar-refractivity contribution in [3.8, 4) is 0 Å². The Labute approximate surface area is 110 Å². The summed E-state index contributed by atoms with van der Waals surface area (Å²) in [4.78, 5) is 17.5. The maximum absolute atomic E-state index is 10.7. The van der Waals surface area contributed by atoms with Crippen molar-refractivity contribution >= 4 is 23.1 Å². The Bertz CT molecular complexity index is 403. The molecule has 0 aliphatic rings. The van der Waals surface area contributed by atoms with Gasteiger partial charge in [-0.1, -0.05) is 13.3 Å². The summed E-state index contributed by atoms with van der Waals surface area (Å²) in [5.74, 6) is 0.110. The molecule has 0 unspecified atom stereocenters. The highest BCUT2D eigenvalue weighted by Crippen LogP contribution is 2.21. The number of halogens is 1. The third-order valence-corrected chi connectivity index (χ3v) is 2.30. The Morgan fingerprint density at radius 1 is 1.56 bits per heavy atom. The van der Waals surface area contributed by atoms with Crippen molar-refractivity contribution in [2.75, 3.05) is 25.1 Å². The molecule has 1 aromatic rings. The molecule has 0 saturated carbocycles. The molecule has 7 nitrogen and oxygen atoms in total. The topological polar surface area (TPSA) is 90.2 Å². The highest BCUT2D eigenvalue weighted by atomic mass is 35.5. The first-order valence-electron chi connectivity index (χ1n) is 5.63. The van der Waals surface area contributed by atoms with Gasteiger partial charge in [-0.05, 0) is 18.0 Å². The zero-order valence-electron chi connectivity index (χ0n) is 10.1. The average molecular weight is 275 g/mol. The van der Waals surface area contributed by atoms with Crippen LogP contribution in [0.2, 0.25) is 5.28 Å². The van der Waals surface area contributed by atoms with Gasteiger partial charge < -0.3 is 10.1 Å². The first kappa shape index (κ1) is 14.6. The van der Waals surface area contributed by atoms with Crippen molar-refractivity contribution in [2.24, 2.45) is 0 Å². The van der Waals surface area contributed by atoms with E-state index >= 15 is 0 Å². The summed E-state index contributed by atoms with van der Waals surface area (Å²) in [5, 5.41) is 13.5. The maximum Gasteiger partial charge on any atom is 0.329 e. The summed E-state index contributed by atoms with van der Waals surface area (Å²) in [5.41, 5.74) is -0.201. The van der Waals surface area contributed by atoms with E-state index in [0.717, 1.165) is 19.0 Å². The van der Waals surface area contributed by atoms with Gasteiger partial charge in [0.25, 0.3) is 0 Å². The number of ether oxygens (including phenoxy) is 1. The molecule has 1 N–H and O–H groups in total. The Morgan fingerprint density at radius 2 is 2.33 bits per heavy atom. The monoisotopic (exact) mass is 274 g/mol. The van der Waals surface area contributed by atoms with E-state index < -0.39 is 4.92 Å². The molecular weight excluding hydrogens is 260 g/mol. The third kappa shape index (κ3) is 4.80. The summed E-state index contributed by atoms with van der Waals surface area (Å²) in [7, 11) is 0. The van der Waals surface area contributed by atoms with Gasteiger partial charge in [-0.15, -0.1) is 0 Å². The molecule has 0 amide bonds. The van der Waals surface area contributed by atoms with Crippen molar-refractivity contribution in [1.82, 2.24) is 9.97 Å². The van der Waals surface area contributed by atoms with Crippen molar-refractivity contribution in [3.63, 3.8) is 0 Å². The predicted molar refractivity (Wildman–Crippen MR) is 67.9 cm³/mol. The van der Waals surface area contributed by atoms with Crippen molar-refractivity contribution in [2.45, 2.75) is 19.8 Å². The molecule has 0 saturated heterocycles. The van der Waals surface area contributed by atoms with Crippen LogP contribution in [0.1, 0.15) is 19.8 Å². The van der Waals surface area contributed by atoms with Gasteiger partial charge in [0.2, 0.25) is 11.1 Å². The highest BCUT2D eigenvalue weighted by Gasteiger charge is 2.16.